The summed E-state index contributed by atoms with van der Waals surface area (Å²) in [5.74, 6) is -0.272. The number of anilines is 1. The molecule has 2 aromatic rings. The Bertz CT molecular complexity index is 788. The second kappa shape index (κ2) is 10.3. The smallest absolute Gasteiger partial charge is 0.315 e. The van der Waals surface area contributed by atoms with E-state index in [0.29, 0.717) is 6.54 Å². The number of halogens is 1. The number of urea groups is 1. The van der Waals surface area contributed by atoms with Gasteiger partial charge in [0.15, 0.2) is 0 Å². The molecule has 5 nitrogen and oxygen atoms in total. The van der Waals surface area contributed by atoms with Crippen LogP contribution in [-0.4, -0.2) is 49.7 Å². The Balaban J connectivity index is 1.33. The standard InChI is InChI=1S/C23H31FN4O/c1-18-4-3-5-22(16-18)28-14-12-27(13-15-28)11-10-19(2)26-23(29)25-17-20-6-8-21(24)9-7-20/h3-9,16,19H,10-15,17H2,1-2H3,(H2,25,26,29)/t19-/m0/s1. The van der Waals surface area contributed by atoms with Gasteiger partial charge in [-0.3, -0.25) is 4.90 Å². The molecule has 0 radical (unpaired) electrons. The van der Waals surface area contributed by atoms with Gasteiger partial charge in [-0.15, -0.1) is 0 Å². The molecule has 1 atom stereocenters. The predicted molar refractivity (Wildman–Crippen MR) is 116 cm³/mol. The zero-order chi connectivity index (χ0) is 20.6. The van der Waals surface area contributed by atoms with Crippen molar-refractivity contribution in [3.05, 3.63) is 65.5 Å². The number of piperazine rings is 1. The van der Waals surface area contributed by atoms with Gasteiger partial charge in [0.05, 0.1) is 0 Å². The number of hydrogen-bond donors (Lipinski definition) is 2. The van der Waals surface area contributed by atoms with E-state index in [9.17, 15) is 9.18 Å². The van der Waals surface area contributed by atoms with Crippen LogP contribution in [0, 0.1) is 12.7 Å². The van der Waals surface area contributed by atoms with Gasteiger partial charge in [-0.25, -0.2) is 9.18 Å². The van der Waals surface area contributed by atoms with Gasteiger partial charge >= 0.3 is 6.03 Å². The van der Waals surface area contributed by atoms with Crippen LogP contribution >= 0.6 is 0 Å². The van der Waals surface area contributed by atoms with Crippen molar-refractivity contribution in [2.75, 3.05) is 37.6 Å². The van der Waals surface area contributed by atoms with Gasteiger partial charge in [0.2, 0.25) is 0 Å². The summed E-state index contributed by atoms with van der Waals surface area (Å²) in [6.07, 6.45) is 0.911. The number of hydrogen-bond acceptors (Lipinski definition) is 3. The fraction of sp³-hybridized carbons (Fsp3) is 0.435. The normalized spacial score (nSPS) is 15.8. The molecule has 156 valence electrons. The van der Waals surface area contributed by atoms with Gasteiger partial charge in [0, 0.05) is 51.0 Å². The molecule has 0 saturated carbocycles. The number of benzene rings is 2. The lowest BCUT2D eigenvalue weighted by Gasteiger charge is -2.36. The Labute approximate surface area is 172 Å². The second-order valence-electron chi connectivity index (χ2n) is 7.81. The molecule has 2 aromatic carbocycles. The van der Waals surface area contributed by atoms with Crippen LogP contribution in [0.1, 0.15) is 24.5 Å². The van der Waals surface area contributed by atoms with Crippen LogP contribution < -0.4 is 15.5 Å². The fourth-order valence-electron chi connectivity index (χ4n) is 3.56. The topological polar surface area (TPSA) is 47.6 Å². The van der Waals surface area contributed by atoms with Crippen molar-refractivity contribution in [3.63, 3.8) is 0 Å². The predicted octanol–water partition coefficient (Wildman–Crippen LogP) is 3.53. The Hall–Kier alpha value is -2.60. The molecule has 3 rings (SSSR count). The molecule has 1 fully saturated rings. The maximum Gasteiger partial charge on any atom is 0.315 e. The van der Waals surface area contributed by atoms with Gasteiger partial charge < -0.3 is 15.5 Å². The van der Waals surface area contributed by atoms with Crippen molar-refractivity contribution in [2.24, 2.45) is 0 Å². The fourth-order valence-corrected chi connectivity index (χ4v) is 3.56. The molecule has 0 bridgehead atoms. The SMILES string of the molecule is Cc1cccc(N2CCN(CC[C@H](C)NC(=O)NCc3ccc(F)cc3)CC2)c1. The van der Waals surface area contributed by atoms with Crippen molar-refractivity contribution in [3.8, 4) is 0 Å². The van der Waals surface area contributed by atoms with Gasteiger partial charge in [-0.1, -0.05) is 24.3 Å². The Kier molecular flexibility index (Phi) is 7.47. The van der Waals surface area contributed by atoms with E-state index in [0.717, 1.165) is 44.7 Å². The summed E-state index contributed by atoms with van der Waals surface area (Å²) in [5.41, 5.74) is 3.47. The van der Waals surface area contributed by atoms with Crippen molar-refractivity contribution >= 4 is 11.7 Å². The number of carbonyl (C=O) groups is 1. The lowest BCUT2D eigenvalue weighted by Crippen LogP contribution is -2.48. The van der Waals surface area contributed by atoms with Crippen molar-refractivity contribution in [2.45, 2.75) is 32.9 Å². The van der Waals surface area contributed by atoms with Gasteiger partial charge in [-0.2, -0.15) is 0 Å². The summed E-state index contributed by atoms with van der Waals surface area (Å²) >= 11 is 0. The van der Waals surface area contributed by atoms with Crippen LogP contribution in [0.3, 0.4) is 0 Å². The first-order chi connectivity index (χ1) is 14.0. The Morgan fingerprint density at radius 1 is 1.10 bits per heavy atom. The number of nitrogens with one attached hydrogen (secondary N) is 2. The lowest BCUT2D eigenvalue weighted by atomic mass is 10.1. The van der Waals surface area contributed by atoms with E-state index < -0.39 is 0 Å². The van der Waals surface area contributed by atoms with Crippen LogP contribution in [0.25, 0.3) is 0 Å². The molecular weight excluding hydrogens is 367 g/mol. The highest BCUT2D eigenvalue weighted by Crippen LogP contribution is 2.17. The molecule has 1 aliphatic heterocycles. The number of rotatable bonds is 7. The van der Waals surface area contributed by atoms with E-state index in [-0.39, 0.29) is 17.9 Å². The zero-order valence-electron chi connectivity index (χ0n) is 17.3. The molecule has 0 unspecified atom stereocenters. The molecule has 1 heterocycles. The van der Waals surface area contributed by atoms with Crippen LogP contribution in [0.2, 0.25) is 0 Å². The minimum atomic E-state index is -0.272. The molecule has 0 spiro atoms. The summed E-state index contributed by atoms with van der Waals surface area (Å²) in [6, 6.07) is 14.7. The van der Waals surface area contributed by atoms with Crippen LogP contribution in [0.15, 0.2) is 48.5 Å². The summed E-state index contributed by atoms with van der Waals surface area (Å²) in [7, 11) is 0. The first kappa shape index (κ1) is 21.1. The lowest BCUT2D eigenvalue weighted by molar-refractivity contribution is 0.227. The zero-order valence-corrected chi connectivity index (χ0v) is 17.3. The van der Waals surface area contributed by atoms with Gasteiger partial charge in [0.1, 0.15) is 5.82 Å². The first-order valence-electron chi connectivity index (χ1n) is 10.3. The largest absolute Gasteiger partial charge is 0.369 e. The average molecular weight is 399 g/mol. The summed E-state index contributed by atoms with van der Waals surface area (Å²) < 4.78 is 12.9. The highest BCUT2D eigenvalue weighted by Gasteiger charge is 2.18. The van der Waals surface area contributed by atoms with E-state index >= 15 is 0 Å². The van der Waals surface area contributed by atoms with Crippen LogP contribution in [0.4, 0.5) is 14.9 Å². The molecule has 6 heteroatoms. The molecule has 2 N–H and O–H groups in total. The van der Waals surface area contributed by atoms with E-state index in [2.05, 4.69) is 51.6 Å². The second-order valence-corrected chi connectivity index (χ2v) is 7.81. The number of amides is 2. The van der Waals surface area contributed by atoms with E-state index in [1.54, 1.807) is 12.1 Å². The molecule has 0 aromatic heterocycles. The Morgan fingerprint density at radius 2 is 1.83 bits per heavy atom. The maximum absolute atomic E-state index is 12.9. The van der Waals surface area contributed by atoms with E-state index in [4.69, 9.17) is 0 Å². The van der Waals surface area contributed by atoms with Crippen LogP contribution in [-0.2, 0) is 6.54 Å². The van der Waals surface area contributed by atoms with Crippen molar-refractivity contribution in [1.29, 1.82) is 0 Å². The highest BCUT2D eigenvalue weighted by atomic mass is 19.1. The van der Waals surface area contributed by atoms with E-state index in [1.165, 1.54) is 23.4 Å². The number of nitrogens with zero attached hydrogens (tertiary/aromatic N) is 2. The minimum absolute atomic E-state index is 0.0954. The van der Waals surface area contributed by atoms with Crippen molar-refractivity contribution in [1.82, 2.24) is 15.5 Å². The third kappa shape index (κ3) is 6.75. The molecule has 0 aliphatic carbocycles. The van der Waals surface area contributed by atoms with Crippen molar-refractivity contribution < 1.29 is 9.18 Å². The first-order valence-corrected chi connectivity index (χ1v) is 10.3. The Morgan fingerprint density at radius 3 is 2.52 bits per heavy atom. The molecule has 1 saturated heterocycles. The molecular formula is C23H31FN4O. The maximum atomic E-state index is 12.9. The van der Waals surface area contributed by atoms with E-state index in [1.807, 2.05) is 6.92 Å². The third-order valence-electron chi connectivity index (χ3n) is 5.36. The number of carbonyl (C=O) groups excluding carboxylic acids is 1. The summed E-state index contributed by atoms with van der Waals surface area (Å²) in [6.45, 7) is 9.66. The molecule has 29 heavy (non-hydrogen) atoms. The third-order valence-corrected chi connectivity index (χ3v) is 5.36. The van der Waals surface area contributed by atoms with Gasteiger partial charge in [-0.05, 0) is 55.7 Å². The quantitative estimate of drug-likeness (QED) is 0.750. The monoisotopic (exact) mass is 398 g/mol. The molecule has 2 amide bonds. The summed E-state index contributed by atoms with van der Waals surface area (Å²) in [4.78, 5) is 17.0. The number of aryl methyl sites for hydroxylation is 1. The average Bonchev–Trinajstić information content (AvgIpc) is 2.72. The minimum Gasteiger partial charge on any atom is -0.369 e. The van der Waals surface area contributed by atoms with Crippen LogP contribution in [0.5, 0.6) is 0 Å². The molecule has 1 aliphatic rings. The summed E-state index contributed by atoms with van der Waals surface area (Å²) in [5, 5.41) is 5.80. The highest BCUT2D eigenvalue weighted by molar-refractivity contribution is 5.74. The van der Waals surface area contributed by atoms with Gasteiger partial charge in [0.25, 0.3) is 0 Å².